The predicted molar refractivity (Wildman–Crippen MR) is 84.0 cm³/mol. The van der Waals surface area contributed by atoms with Gasteiger partial charge in [0.1, 0.15) is 5.82 Å². The van der Waals surface area contributed by atoms with Crippen LogP contribution in [-0.4, -0.2) is 5.91 Å². The summed E-state index contributed by atoms with van der Waals surface area (Å²) in [6.07, 6.45) is 1.59. The number of rotatable bonds is 4. The van der Waals surface area contributed by atoms with Crippen molar-refractivity contribution in [3.8, 4) is 0 Å². The van der Waals surface area contributed by atoms with Crippen LogP contribution >= 0.6 is 0 Å². The van der Waals surface area contributed by atoms with Crippen LogP contribution in [0.2, 0.25) is 0 Å². The smallest absolute Gasteiger partial charge is 0.258 e. The molecule has 0 aliphatic carbocycles. The number of benzene rings is 2. The van der Waals surface area contributed by atoms with E-state index in [2.05, 4.69) is 5.32 Å². The van der Waals surface area contributed by atoms with E-state index in [0.29, 0.717) is 5.69 Å². The Morgan fingerprint density at radius 3 is 2.33 bits per heavy atom. The van der Waals surface area contributed by atoms with Crippen molar-refractivity contribution in [3.05, 3.63) is 58.9 Å². The van der Waals surface area contributed by atoms with E-state index < -0.39 is 11.7 Å². The minimum atomic E-state index is -0.575. The highest BCUT2D eigenvalue weighted by molar-refractivity contribution is 6.05. The van der Waals surface area contributed by atoms with Crippen LogP contribution in [0, 0.1) is 5.82 Å². The molecule has 4 heteroatoms. The average Bonchev–Trinajstić information content (AvgIpc) is 2.49. The molecule has 0 aliphatic heterocycles. The fourth-order valence-corrected chi connectivity index (χ4v) is 2.30. The molecule has 0 saturated heterocycles. The fourth-order valence-electron chi connectivity index (χ4n) is 2.30. The van der Waals surface area contributed by atoms with Crippen LogP contribution in [0.15, 0.2) is 36.4 Å². The lowest BCUT2D eigenvalue weighted by Gasteiger charge is -2.14. The van der Waals surface area contributed by atoms with Crippen molar-refractivity contribution in [2.75, 3.05) is 11.1 Å². The van der Waals surface area contributed by atoms with Crippen LogP contribution in [0.5, 0.6) is 0 Å². The molecular weight excluding hydrogens is 267 g/mol. The van der Waals surface area contributed by atoms with E-state index in [4.69, 9.17) is 5.73 Å². The molecule has 0 aliphatic rings. The summed E-state index contributed by atoms with van der Waals surface area (Å²) < 4.78 is 13.8. The van der Waals surface area contributed by atoms with E-state index in [0.717, 1.165) is 29.7 Å². The summed E-state index contributed by atoms with van der Waals surface area (Å²) in [7, 11) is 0. The van der Waals surface area contributed by atoms with Gasteiger partial charge in [-0.1, -0.05) is 32.0 Å². The minimum Gasteiger partial charge on any atom is -0.399 e. The van der Waals surface area contributed by atoms with Crippen molar-refractivity contribution in [1.82, 2.24) is 0 Å². The molecule has 2 aromatic carbocycles. The van der Waals surface area contributed by atoms with Crippen LogP contribution in [-0.2, 0) is 12.8 Å². The van der Waals surface area contributed by atoms with Crippen LogP contribution in [0.1, 0.15) is 35.3 Å². The molecule has 3 N–H and O–H groups in total. The molecule has 0 fully saturated rings. The number of para-hydroxylation sites is 1. The first-order valence-electron chi connectivity index (χ1n) is 7.04. The number of nitrogens with one attached hydrogen (secondary N) is 1. The van der Waals surface area contributed by atoms with Gasteiger partial charge in [0, 0.05) is 11.4 Å². The standard InChI is InChI=1S/C17H19FN2O/c1-3-11-6-5-7-12(4-2)16(11)20-17(21)14-10-13(19)8-9-15(14)18/h5-10H,3-4,19H2,1-2H3,(H,20,21). The van der Waals surface area contributed by atoms with Crippen LogP contribution in [0.3, 0.4) is 0 Å². The molecule has 1 amide bonds. The zero-order valence-electron chi connectivity index (χ0n) is 12.2. The summed E-state index contributed by atoms with van der Waals surface area (Å²) in [6, 6.07) is 9.88. The van der Waals surface area contributed by atoms with E-state index in [9.17, 15) is 9.18 Å². The number of amides is 1. The number of nitrogens with two attached hydrogens (primary N) is 1. The van der Waals surface area contributed by atoms with Crippen molar-refractivity contribution in [3.63, 3.8) is 0 Å². The number of anilines is 2. The Hall–Kier alpha value is -2.36. The lowest BCUT2D eigenvalue weighted by molar-refractivity contribution is 0.102. The van der Waals surface area contributed by atoms with Gasteiger partial charge in [-0.05, 0) is 42.2 Å². The quantitative estimate of drug-likeness (QED) is 0.840. The summed E-state index contributed by atoms with van der Waals surface area (Å²) >= 11 is 0. The zero-order valence-corrected chi connectivity index (χ0v) is 12.2. The third-order valence-corrected chi connectivity index (χ3v) is 3.47. The van der Waals surface area contributed by atoms with Crippen LogP contribution in [0.4, 0.5) is 15.8 Å². The predicted octanol–water partition coefficient (Wildman–Crippen LogP) is 3.79. The van der Waals surface area contributed by atoms with Crippen molar-refractivity contribution in [2.24, 2.45) is 0 Å². The first kappa shape index (κ1) is 15.0. The normalized spacial score (nSPS) is 10.4. The lowest BCUT2D eigenvalue weighted by Crippen LogP contribution is -2.16. The monoisotopic (exact) mass is 286 g/mol. The van der Waals surface area contributed by atoms with Crippen molar-refractivity contribution in [2.45, 2.75) is 26.7 Å². The van der Waals surface area contributed by atoms with E-state index >= 15 is 0 Å². The molecule has 0 atom stereocenters. The second kappa shape index (κ2) is 6.39. The molecule has 0 unspecified atom stereocenters. The van der Waals surface area contributed by atoms with Gasteiger partial charge in [0.15, 0.2) is 0 Å². The number of aryl methyl sites for hydroxylation is 2. The van der Waals surface area contributed by atoms with Gasteiger partial charge < -0.3 is 11.1 Å². The molecule has 0 saturated carbocycles. The van der Waals surface area contributed by atoms with Gasteiger partial charge in [-0.25, -0.2) is 4.39 Å². The Kier molecular flexibility index (Phi) is 4.58. The SMILES string of the molecule is CCc1cccc(CC)c1NC(=O)c1cc(N)ccc1F. The Morgan fingerprint density at radius 1 is 1.14 bits per heavy atom. The largest absolute Gasteiger partial charge is 0.399 e. The molecule has 110 valence electrons. The Bertz CT molecular complexity index is 646. The molecular formula is C17H19FN2O. The first-order chi connectivity index (χ1) is 10.1. The number of halogens is 1. The molecule has 0 aromatic heterocycles. The molecule has 0 radical (unpaired) electrons. The van der Waals surface area contributed by atoms with Crippen molar-refractivity contribution in [1.29, 1.82) is 0 Å². The number of hydrogen-bond donors (Lipinski definition) is 2. The molecule has 0 heterocycles. The molecule has 2 aromatic rings. The van der Waals surface area contributed by atoms with E-state index in [1.165, 1.54) is 18.2 Å². The molecule has 0 spiro atoms. The number of carbonyl (C=O) groups is 1. The van der Waals surface area contributed by atoms with Gasteiger partial charge in [0.25, 0.3) is 5.91 Å². The van der Waals surface area contributed by atoms with Crippen LogP contribution < -0.4 is 11.1 Å². The second-order valence-corrected chi connectivity index (χ2v) is 4.85. The van der Waals surface area contributed by atoms with Crippen LogP contribution in [0.25, 0.3) is 0 Å². The highest BCUT2D eigenvalue weighted by Gasteiger charge is 2.15. The molecule has 21 heavy (non-hydrogen) atoms. The maximum Gasteiger partial charge on any atom is 0.258 e. The van der Waals surface area contributed by atoms with Gasteiger partial charge in [-0.2, -0.15) is 0 Å². The lowest BCUT2D eigenvalue weighted by atomic mass is 10.0. The second-order valence-electron chi connectivity index (χ2n) is 4.85. The Labute approximate surface area is 124 Å². The highest BCUT2D eigenvalue weighted by atomic mass is 19.1. The van der Waals surface area contributed by atoms with Gasteiger partial charge in [-0.15, -0.1) is 0 Å². The Balaban J connectivity index is 2.38. The third-order valence-electron chi connectivity index (χ3n) is 3.47. The topological polar surface area (TPSA) is 55.1 Å². The number of nitrogen functional groups attached to an aromatic ring is 1. The average molecular weight is 286 g/mol. The summed E-state index contributed by atoms with van der Waals surface area (Å²) in [5, 5.41) is 2.83. The van der Waals surface area contributed by atoms with Gasteiger partial charge in [0.05, 0.1) is 5.56 Å². The molecule has 0 bridgehead atoms. The van der Waals surface area contributed by atoms with E-state index in [1.54, 1.807) is 0 Å². The van der Waals surface area contributed by atoms with E-state index in [-0.39, 0.29) is 5.56 Å². The first-order valence-corrected chi connectivity index (χ1v) is 7.04. The number of carbonyl (C=O) groups excluding carboxylic acids is 1. The van der Waals surface area contributed by atoms with Gasteiger partial charge in [0.2, 0.25) is 0 Å². The van der Waals surface area contributed by atoms with Gasteiger partial charge >= 0.3 is 0 Å². The van der Waals surface area contributed by atoms with Crippen molar-refractivity contribution < 1.29 is 9.18 Å². The Morgan fingerprint density at radius 2 is 1.76 bits per heavy atom. The van der Waals surface area contributed by atoms with Crippen molar-refractivity contribution >= 4 is 17.3 Å². The summed E-state index contributed by atoms with van der Waals surface area (Å²) in [5.41, 5.74) is 8.79. The summed E-state index contributed by atoms with van der Waals surface area (Å²) in [5.74, 6) is -1.05. The zero-order chi connectivity index (χ0) is 15.4. The number of hydrogen-bond acceptors (Lipinski definition) is 2. The molecule has 2 rings (SSSR count). The third kappa shape index (κ3) is 3.21. The van der Waals surface area contributed by atoms with Gasteiger partial charge in [-0.3, -0.25) is 4.79 Å². The summed E-state index contributed by atoms with van der Waals surface area (Å²) in [6.45, 7) is 4.04. The molecule has 3 nitrogen and oxygen atoms in total. The maximum absolute atomic E-state index is 13.8. The maximum atomic E-state index is 13.8. The van der Waals surface area contributed by atoms with E-state index in [1.807, 2.05) is 32.0 Å². The minimum absolute atomic E-state index is 0.0389. The fraction of sp³-hybridized carbons (Fsp3) is 0.235. The summed E-state index contributed by atoms with van der Waals surface area (Å²) in [4.78, 5) is 12.3. The highest BCUT2D eigenvalue weighted by Crippen LogP contribution is 2.24.